The number of imidazole rings is 1. The quantitative estimate of drug-likeness (QED) is 0.579. The highest BCUT2D eigenvalue weighted by Gasteiger charge is 2.12. The van der Waals surface area contributed by atoms with Gasteiger partial charge in [-0.25, -0.2) is 14.8 Å². The highest BCUT2D eigenvalue weighted by molar-refractivity contribution is 7.13. The van der Waals surface area contributed by atoms with Crippen molar-refractivity contribution in [2.75, 3.05) is 0 Å². The van der Waals surface area contributed by atoms with Gasteiger partial charge in [0.1, 0.15) is 5.52 Å². The molecule has 0 amide bonds. The van der Waals surface area contributed by atoms with Gasteiger partial charge in [0.25, 0.3) is 5.56 Å². The molecule has 7 nitrogen and oxygen atoms in total. The van der Waals surface area contributed by atoms with Crippen LogP contribution in [-0.4, -0.2) is 24.9 Å². The van der Waals surface area contributed by atoms with Crippen molar-refractivity contribution in [3.8, 4) is 10.7 Å². The molecule has 0 fully saturated rings. The maximum absolute atomic E-state index is 11.5. The van der Waals surface area contributed by atoms with Gasteiger partial charge >= 0.3 is 5.69 Å². The van der Waals surface area contributed by atoms with Gasteiger partial charge in [-0.3, -0.25) is 14.8 Å². The molecule has 0 aliphatic carbocycles. The van der Waals surface area contributed by atoms with Gasteiger partial charge in [-0.15, -0.1) is 11.3 Å². The Hall–Kier alpha value is -2.22. The molecule has 3 aromatic rings. The van der Waals surface area contributed by atoms with Gasteiger partial charge in [-0.05, 0) is 6.92 Å². The Morgan fingerprint density at radius 1 is 1.24 bits per heavy atom. The van der Waals surface area contributed by atoms with Crippen LogP contribution < -0.4 is 11.2 Å². The third kappa shape index (κ3) is 1.49. The Bertz CT molecular complexity index is 809. The second-order valence-electron chi connectivity index (χ2n) is 3.48. The van der Waals surface area contributed by atoms with Gasteiger partial charge in [0.2, 0.25) is 0 Å². The van der Waals surface area contributed by atoms with E-state index in [1.807, 2.05) is 6.92 Å². The van der Waals surface area contributed by atoms with Gasteiger partial charge in [0.05, 0.1) is 16.1 Å². The average molecular weight is 249 g/mol. The van der Waals surface area contributed by atoms with Crippen LogP contribution in [0.5, 0.6) is 0 Å². The number of aromatic nitrogens is 5. The molecule has 17 heavy (non-hydrogen) atoms. The van der Waals surface area contributed by atoms with E-state index in [9.17, 15) is 9.59 Å². The van der Waals surface area contributed by atoms with Crippen LogP contribution in [0, 0.1) is 6.92 Å². The van der Waals surface area contributed by atoms with Crippen molar-refractivity contribution in [3.63, 3.8) is 0 Å². The lowest BCUT2D eigenvalue weighted by Gasteiger charge is -1.89. The summed E-state index contributed by atoms with van der Waals surface area (Å²) in [6.45, 7) is 1.85. The highest BCUT2D eigenvalue weighted by atomic mass is 32.1. The lowest BCUT2D eigenvalue weighted by Crippen LogP contribution is -2.21. The Balaban J connectivity index is 2.35. The average Bonchev–Trinajstić information content (AvgIpc) is 2.83. The zero-order chi connectivity index (χ0) is 12.0. The summed E-state index contributed by atoms with van der Waals surface area (Å²) in [6, 6.07) is 0. The summed E-state index contributed by atoms with van der Waals surface area (Å²) >= 11 is 1.42. The molecular formula is C9H7N5O2S. The molecule has 3 heterocycles. The first-order valence-corrected chi connectivity index (χ1v) is 5.66. The van der Waals surface area contributed by atoms with Crippen LogP contribution in [0.3, 0.4) is 0 Å². The number of fused-ring (bicyclic) bond motifs is 1. The fourth-order valence-corrected chi connectivity index (χ4v) is 2.32. The summed E-state index contributed by atoms with van der Waals surface area (Å²) in [6.07, 6.45) is 0. The van der Waals surface area contributed by atoms with Crippen molar-refractivity contribution in [2.45, 2.75) is 6.92 Å². The molecule has 0 aromatic carbocycles. The van der Waals surface area contributed by atoms with Crippen LogP contribution >= 0.6 is 11.3 Å². The first-order valence-electron chi connectivity index (χ1n) is 4.78. The summed E-state index contributed by atoms with van der Waals surface area (Å²) in [7, 11) is 0. The van der Waals surface area contributed by atoms with Crippen molar-refractivity contribution in [3.05, 3.63) is 32.0 Å². The lowest BCUT2D eigenvalue weighted by atomic mass is 10.4. The molecule has 3 rings (SSSR count). The maximum Gasteiger partial charge on any atom is 0.327 e. The molecule has 0 saturated carbocycles. The minimum atomic E-state index is -0.568. The number of hydrogen-bond donors (Lipinski definition) is 3. The van der Waals surface area contributed by atoms with Crippen molar-refractivity contribution in [1.82, 2.24) is 24.9 Å². The molecule has 0 spiro atoms. The molecule has 3 N–H and O–H groups in total. The van der Waals surface area contributed by atoms with Gasteiger partial charge in [0, 0.05) is 0 Å². The zero-order valence-corrected chi connectivity index (χ0v) is 9.51. The summed E-state index contributed by atoms with van der Waals surface area (Å²) < 4.78 is 0. The van der Waals surface area contributed by atoms with E-state index in [1.165, 1.54) is 11.3 Å². The molecule has 0 bridgehead atoms. The van der Waals surface area contributed by atoms with Crippen molar-refractivity contribution in [2.24, 2.45) is 0 Å². The lowest BCUT2D eigenvalue weighted by molar-refractivity contribution is 1.07. The summed E-state index contributed by atoms with van der Waals surface area (Å²) in [5.41, 5.74) is 1.98. The zero-order valence-electron chi connectivity index (χ0n) is 8.70. The smallest absolute Gasteiger partial charge is 0.327 e. The first kappa shape index (κ1) is 9.97. The second-order valence-corrected chi connectivity index (χ2v) is 4.34. The number of aryl methyl sites for hydroxylation is 1. The standard InChI is InChI=1S/C9H7N5O2S/c1-3-5(17-2-10-3)7-11-4-6(12-7)13-9(16)14-8(4)15/h2H,1H3,(H3,11,12,13,14,15,16). The highest BCUT2D eigenvalue weighted by Crippen LogP contribution is 2.24. The Labute approximate surface area is 97.6 Å². The molecule has 0 aliphatic heterocycles. The molecule has 86 valence electrons. The number of nitrogens with zero attached hydrogens (tertiary/aromatic N) is 2. The van der Waals surface area contributed by atoms with Gasteiger partial charge in [0.15, 0.2) is 11.5 Å². The maximum atomic E-state index is 11.5. The van der Waals surface area contributed by atoms with Crippen molar-refractivity contribution < 1.29 is 0 Å². The van der Waals surface area contributed by atoms with Crippen LogP contribution in [0.1, 0.15) is 5.69 Å². The summed E-state index contributed by atoms with van der Waals surface area (Å²) in [5.74, 6) is 0.535. The number of hydrogen-bond acceptors (Lipinski definition) is 5. The molecule has 3 aromatic heterocycles. The minimum Gasteiger partial charge on any atom is -0.331 e. The SMILES string of the molecule is Cc1ncsc1-c1nc2[nH]c(=O)[nH]c(=O)c2[nH]1. The molecule has 8 heteroatoms. The number of thiazole rings is 1. The number of nitrogens with one attached hydrogen (secondary N) is 3. The molecule has 0 saturated heterocycles. The van der Waals surface area contributed by atoms with Crippen LogP contribution in [0.4, 0.5) is 0 Å². The van der Waals surface area contributed by atoms with Gasteiger partial charge in [-0.1, -0.05) is 0 Å². The molecule has 0 radical (unpaired) electrons. The molecule has 0 atom stereocenters. The Kier molecular flexibility index (Phi) is 1.99. The third-order valence-electron chi connectivity index (χ3n) is 2.35. The van der Waals surface area contributed by atoms with E-state index in [0.29, 0.717) is 5.82 Å². The van der Waals surface area contributed by atoms with E-state index in [0.717, 1.165) is 10.6 Å². The predicted octanol–water partition coefficient (Wildman–Crippen LogP) is 0.371. The number of aromatic amines is 3. The molecular weight excluding hydrogens is 242 g/mol. The van der Waals surface area contributed by atoms with Crippen LogP contribution in [0.2, 0.25) is 0 Å². The van der Waals surface area contributed by atoms with Crippen molar-refractivity contribution >= 4 is 22.5 Å². The van der Waals surface area contributed by atoms with E-state index in [1.54, 1.807) is 5.51 Å². The first-order chi connectivity index (χ1) is 8.15. The summed E-state index contributed by atoms with van der Waals surface area (Å²) in [4.78, 5) is 39.2. The second kappa shape index (κ2) is 3.39. The fourth-order valence-electron chi connectivity index (χ4n) is 1.57. The van der Waals surface area contributed by atoms with Gasteiger partial charge in [-0.2, -0.15) is 0 Å². The normalized spacial score (nSPS) is 11.1. The summed E-state index contributed by atoms with van der Waals surface area (Å²) in [5, 5.41) is 0. The van der Waals surface area contributed by atoms with E-state index in [4.69, 9.17) is 0 Å². The fraction of sp³-hybridized carbons (Fsp3) is 0.111. The monoisotopic (exact) mass is 249 g/mol. The minimum absolute atomic E-state index is 0.251. The van der Waals surface area contributed by atoms with Gasteiger partial charge < -0.3 is 4.98 Å². The molecule has 0 aliphatic rings. The third-order valence-corrected chi connectivity index (χ3v) is 3.29. The predicted molar refractivity (Wildman–Crippen MR) is 63.2 cm³/mol. The largest absolute Gasteiger partial charge is 0.331 e. The topological polar surface area (TPSA) is 107 Å². The van der Waals surface area contributed by atoms with Crippen molar-refractivity contribution in [1.29, 1.82) is 0 Å². The van der Waals surface area contributed by atoms with Crippen LogP contribution in [0.15, 0.2) is 15.1 Å². The Morgan fingerprint density at radius 2 is 2.06 bits per heavy atom. The Morgan fingerprint density at radius 3 is 2.76 bits per heavy atom. The number of H-pyrrole nitrogens is 3. The van der Waals surface area contributed by atoms with Crippen LogP contribution in [-0.2, 0) is 0 Å². The molecule has 0 unspecified atom stereocenters. The van der Waals surface area contributed by atoms with E-state index >= 15 is 0 Å². The van der Waals surface area contributed by atoms with E-state index in [-0.39, 0.29) is 11.2 Å². The number of rotatable bonds is 1. The van der Waals surface area contributed by atoms with Crippen LogP contribution in [0.25, 0.3) is 21.9 Å². The van der Waals surface area contributed by atoms with E-state index in [2.05, 4.69) is 24.9 Å². The van der Waals surface area contributed by atoms with E-state index < -0.39 is 11.2 Å².